The minimum Gasteiger partial charge on any atom is -0.393 e. The SMILES string of the molecule is CC(O)C1(C)CC[C@@H](C)C[C@@H]1O. The summed E-state index contributed by atoms with van der Waals surface area (Å²) < 4.78 is 0. The Kier molecular flexibility index (Phi) is 2.79. The summed E-state index contributed by atoms with van der Waals surface area (Å²) >= 11 is 0. The number of aliphatic hydroxyl groups is 2. The second kappa shape index (κ2) is 3.35. The van der Waals surface area contributed by atoms with Gasteiger partial charge < -0.3 is 10.2 Å². The Morgan fingerprint density at radius 2 is 2.08 bits per heavy atom. The highest BCUT2D eigenvalue weighted by Crippen LogP contribution is 2.41. The van der Waals surface area contributed by atoms with Crippen LogP contribution in [0.2, 0.25) is 0 Å². The lowest BCUT2D eigenvalue weighted by Crippen LogP contribution is -2.45. The van der Waals surface area contributed by atoms with Gasteiger partial charge in [0, 0.05) is 5.41 Å². The van der Waals surface area contributed by atoms with Crippen molar-refractivity contribution < 1.29 is 10.2 Å². The molecule has 0 bridgehead atoms. The van der Waals surface area contributed by atoms with E-state index in [1.165, 1.54) is 0 Å². The smallest absolute Gasteiger partial charge is 0.0620 e. The first-order valence-corrected chi connectivity index (χ1v) is 4.83. The summed E-state index contributed by atoms with van der Waals surface area (Å²) in [6, 6.07) is 0. The van der Waals surface area contributed by atoms with Crippen LogP contribution in [0.1, 0.15) is 40.0 Å². The van der Waals surface area contributed by atoms with Crippen molar-refractivity contribution in [1.82, 2.24) is 0 Å². The summed E-state index contributed by atoms with van der Waals surface area (Å²) in [6.45, 7) is 5.91. The Bertz CT molecular complexity index is 156. The summed E-state index contributed by atoms with van der Waals surface area (Å²) in [5.41, 5.74) is -0.271. The van der Waals surface area contributed by atoms with E-state index in [1.807, 2.05) is 6.92 Å². The topological polar surface area (TPSA) is 40.5 Å². The highest BCUT2D eigenvalue weighted by Gasteiger charge is 2.41. The summed E-state index contributed by atoms with van der Waals surface area (Å²) in [7, 11) is 0. The van der Waals surface area contributed by atoms with E-state index in [-0.39, 0.29) is 11.5 Å². The fourth-order valence-corrected chi connectivity index (χ4v) is 1.98. The van der Waals surface area contributed by atoms with E-state index in [9.17, 15) is 10.2 Å². The fourth-order valence-electron chi connectivity index (χ4n) is 1.98. The van der Waals surface area contributed by atoms with Gasteiger partial charge >= 0.3 is 0 Å². The van der Waals surface area contributed by atoms with Crippen LogP contribution in [0.3, 0.4) is 0 Å². The second-order valence-electron chi connectivity index (χ2n) is 4.58. The van der Waals surface area contributed by atoms with Crippen LogP contribution < -0.4 is 0 Å². The van der Waals surface area contributed by atoms with Gasteiger partial charge in [0.1, 0.15) is 0 Å². The molecule has 0 aromatic rings. The molecule has 0 radical (unpaired) electrons. The van der Waals surface area contributed by atoms with Gasteiger partial charge in [-0.15, -0.1) is 0 Å². The zero-order valence-corrected chi connectivity index (χ0v) is 8.25. The molecule has 0 aromatic heterocycles. The van der Waals surface area contributed by atoms with E-state index in [0.29, 0.717) is 5.92 Å². The van der Waals surface area contributed by atoms with Gasteiger partial charge in [-0.2, -0.15) is 0 Å². The second-order valence-corrected chi connectivity index (χ2v) is 4.58. The lowest BCUT2D eigenvalue weighted by molar-refractivity contribution is -0.0860. The molecule has 1 fully saturated rings. The van der Waals surface area contributed by atoms with Crippen LogP contribution >= 0.6 is 0 Å². The fraction of sp³-hybridized carbons (Fsp3) is 1.00. The van der Waals surface area contributed by atoms with Gasteiger partial charge in [-0.3, -0.25) is 0 Å². The van der Waals surface area contributed by atoms with Crippen molar-refractivity contribution in [3.05, 3.63) is 0 Å². The van der Waals surface area contributed by atoms with Crippen molar-refractivity contribution in [2.24, 2.45) is 11.3 Å². The normalized spacial score (nSPS) is 45.8. The average molecular weight is 172 g/mol. The largest absolute Gasteiger partial charge is 0.393 e. The first-order valence-electron chi connectivity index (χ1n) is 4.83. The maximum absolute atomic E-state index is 9.81. The number of aliphatic hydroxyl groups excluding tert-OH is 2. The molecule has 1 rings (SSSR count). The highest BCUT2D eigenvalue weighted by molar-refractivity contribution is 4.91. The van der Waals surface area contributed by atoms with Crippen molar-refractivity contribution in [2.75, 3.05) is 0 Å². The van der Waals surface area contributed by atoms with Gasteiger partial charge in [0.2, 0.25) is 0 Å². The first kappa shape index (κ1) is 10.0. The van der Waals surface area contributed by atoms with Crippen LogP contribution in [0.15, 0.2) is 0 Å². The molecule has 0 amide bonds. The number of hydrogen-bond acceptors (Lipinski definition) is 2. The van der Waals surface area contributed by atoms with Crippen LogP contribution in [-0.2, 0) is 0 Å². The van der Waals surface area contributed by atoms with Crippen molar-refractivity contribution in [1.29, 1.82) is 0 Å². The lowest BCUT2D eigenvalue weighted by Gasteiger charge is -2.42. The molecule has 2 nitrogen and oxygen atoms in total. The van der Waals surface area contributed by atoms with E-state index in [4.69, 9.17) is 0 Å². The van der Waals surface area contributed by atoms with Crippen molar-refractivity contribution in [2.45, 2.75) is 52.2 Å². The lowest BCUT2D eigenvalue weighted by atomic mass is 9.67. The van der Waals surface area contributed by atoms with Crippen LogP contribution in [-0.4, -0.2) is 22.4 Å². The minimum atomic E-state index is -0.403. The summed E-state index contributed by atoms with van der Waals surface area (Å²) in [4.78, 5) is 0. The molecule has 12 heavy (non-hydrogen) atoms. The van der Waals surface area contributed by atoms with Gasteiger partial charge in [-0.25, -0.2) is 0 Å². The first-order chi connectivity index (χ1) is 5.47. The number of rotatable bonds is 1. The van der Waals surface area contributed by atoms with Crippen molar-refractivity contribution in [3.8, 4) is 0 Å². The Labute approximate surface area is 74.6 Å². The molecule has 2 N–H and O–H groups in total. The molecule has 0 spiro atoms. The van der Waals surface area contributed by atoms with Crippen LogP contribution in [0.25, 0.3) is 0 Å². The van der Waals surface area contributed by atoms with Crippen LogP contribution in [0.5, 0.6) is 0 Å². The molecule has 1 aliphatic rings. The highest BCUT2D eigenvalue weighted by atomic mass is 16.3. The van der Waals surface area contributed by atoms with Gasteiger partial charge in [0.05, 0.1) is 12.2 Å². The van der Waals surface area contributed by atoms with E-state index in [2.05, 4.69) is 6.92 Å². The standard InChI is InChI=1S/C10H20O2/c1-7-4-5-10(3,8(2)11)9(12)6-7/h7-9,11-12H,4-6H2,1-3H3/t7-,8?,9+,10?/m1/s1. The molecule has 0 heterocycles. The molecule has 2 heteroatoms. The predicted octanol–water partition coefficient (Wildman–Crippen LogP) is 1.55. The molecule has 1 aliphatic carbocycles. The molecule has 4 atom stereocenters. The molecule has 0 saturated heterocycles. The Hall–Kier alpha value is -0.0800. The Balaban J connectivity index is 2.66. The average Bonchev–Trinajstić information content (AvgIpc) is 1.97. The monoisotopic (exact) mass is 172 g/mol. The third kappa shape index (κ3) is 1.64. The van der Waals surface area contributed by atoms with Crippen LogP contribution in [0.4, 0.5) is 0 Å². The molecule has 2 unspecified atom stereocenters. The maximum Gasteiger partial charge on any atom is 0.0620 e. The quantitative estimate of drug-likeness (QED) is 0.630. The maximum atomic E-state index is 9.81. The molecule has 1 saturated carbocycles. The van der Waals surface area contributed by atoms with Gasteiger partial charge in [-0.1, -0.05) is 13.8 Å². The van der Waals surface area contributed by atoms with Crippen LogP contribution in [0, 0.1) is 11.3 Å². The van der Waals surface area contributed by atoms with E-state index >= 15 is 0 Å². The number of hydrogen-bond donors (Lipinski definition) is 2. The zero-order chi connectivity index (χ0) is 9.35. The molecular formula is C10H20O2. The summed E-state index contributed by atoms with van der Waals surface area (Å²) in [6.07, 6.45) is 2.16. The Morgan fingerprint density at radius 3 is 2.50 bits per heavy atom. The summed E-state index contributed by atoms with van der Waals surface area (Å²) in [5, 5.41) is 19.3. The molecule has 72 valence electrons. The van der Waals surface area contributed by atoms with Gasteiger partial charge in [-0.05, 0) is 32.1 Å². The predicted molar refractivity (Wildman–Crippen MR) is 48.8 cm³/mol. The molecule has 0 aliphatic heterocycles. The van der Waals surface area contributed by atoms with Crippen molar-refractivity contribution >= 4 is 0 Å². The third-order valence-electron chi connectivity index (χ3n) is 3.52. The van der Waals surface area contributed by atoms with Gasteiger partial charge in [0.15, 0.2) is 0 Å². The summed E-state index contributed by atoms with van der Waals surface area (Å²) in [5.74, 6) is 0.604. The van der Waals surface area contributed by atoms with E-state index in [0.717, 1.165) is 19.3 Å². The minimum absolute atomic E-state index is 0.271. The zero-order valence-electron chi connectivity index (χ0n) is 8.25. The van der Waals surface area contributed by atoms with Gasteiger partial charge in [0.25, 0.3) is 0 Å². The molecule has 0 aromatic carbocycles. The molecular weight excluding hydrogens is 152 g/mol. The van der Waals surface area contributed by atoms with E-state index < -0.39 is 6.10 Å². The Morgan fingerprint density at radius 1 is 1.50 bits per heavy atom. The van der Waals surface area contributed by atoms with E-state index in [1.54, 1.807) is 6.92 Å². The van der Waals surface area contributed by atoms with Crippen molar-refractivity contribution in [3.63, 3.8) is 0 Å². The third-order valence-corrected chi connectivity index (χ3v) is 3.52.